The van der Waals surface area contributed by atoms with Crippen LogP contribution in [0.15, 0.2) is 18.2 Å². The van der Waals surface area contributed by atoms with Crippen LogP contribution in [0.1, 0.15) is 33.6 Å². The van der Waals surface area contributed by atoms with E-state index in [9.17, 15) is 14.7 Å². The second kappa shape index (κ2) is 5.15. The molecule has 0 aromatic heterocycles. The Bertz CT molecular complexity index is 549. The number of hydrogen-bond acceptors (Lipinski definition) is 4. The molecular formula is C15H19NO4. The Morgan fingerprint density at radius 3 is 2.55 bits per heavy atom. The molecule has 0 atom stereocenters. The van der Waals surface area contributed by atoms with Crippen LogP contribution in [0.25, 0.3) is 0 Å². The van der Waals surface area contributed by atoms with Crippen molar-refractivity contribution in [3.05, 3.63) is 18.2 Å². The molecule has 1 aromatic rings. The topological polar surface area (TPSA) is 66.8 Å². The number of ether oxygens (including phenoxy) is 1. The van der Waals surface area contributed by atoms with Crippen molar-refractivity contribution >= 4 is 17.4 Å². The highest BCUT2D eigenvalue weighted by Gasteiger charge is 2.46. The van der Waals surface area contributed by atoms with E-state index in [4.69, 9.17) is 4.74 Å². The largest absolute Gasteiger partial charge is 0.508 e. The molecule has 0 bridgehead atoms. The lowest BCUT2D eigenvalue weighted by Crippen LogP contribution is -2.56. The summed E-state index contributed by atoms with van der Waals surface area (Å²) in [7, 11) is 0. The van der Waals surface area contributed by atoms with E-state index < -0.39 is 5.60 Å². The van der Waals surface area contributed by atoms with Crippen molar-refractivity contribution in [3.63, 3.8) is 0 Å². The Kier molecular flexibility index (Phi) is 3.70. The SMILES string of the molecule is CCC1(CC)Oc2cc(O)ccc2N(CC(C)=O)C1=O. The maximum absolute atomic E-state index is 12.7. The van der Waals surface area contributed by atoms with Crippen molar-refractivity contribution in [3.8, 4) is 11.5 Å². The van der Waals surface area contributed by atoms with Gasteiger partial charge in [0.2, 0.25) is 0 Å². The van der Waals surface area contributed by atoms with Gasteiger partial charge in [-0.2, -0.15) is 0 Å². The summed E-state index contributed by atoms with van der Waals surface area (Å²) in [5, 5.41) is 9.59. The molecule has 5 heteroatoms. The van der Waals surface area contributed by atoms with E-state index in [1.165, 1.54) is 24.0 Å². The first-order valence-corrected chi connectivity index (χ1v) is 6.77. The smallest absolute Gasteiger partial charge is 0.271 e. The first-order chi connectivity index (χ1) is 9.43. The van der Waals surface area contributed by atoms with Crippen LogP contribution in [0.4, 0.5) is 5.69 Å². The van der Waals surface area contributed by atoms with E-state index in [-0.39, 0.29) is 24.0 Å². The number of phenolic OH excluding ortho intramolecular Hbond substituents is 1. The lowest BCUT2D eigenvalue weighted by molar-refractivity contribution is -0.137. The van der Waals surface area contributed by atoms with Gasteiger partial charge in [-0.3, -0.25) is 14.5 Å². The zero-order chi connectivity index (χ0) is 14.9. The molecule has 108 valence electrons. The van der Waals surface area contributed by atoms with Gasteiger partial charge in [-0.25, -0.2) is 0 Å². The number of anilines is 1. The van der Waals surface area contributed by atoms with Gasteiger partial charge in [0.25, 0.3) is 5.91 Å². The fraction of sp³-hybridized carbons (Fsp3) is 0.467. The minimum atomic E-state index is -0.962. The normalized spacial score (nSPS) is 16.6. The molecule has 0 saturated carbocycles. The summed E-state index contributed by atoms with van der Waals surface area (Å²) in [6.07, 6.45) is 1.01. The predicted molar refractivity (Wildman–Crippen MR) is 75.1 cm³/mol. The van der Waals surface area contributed by atoms with Crippen LogP contribution in [0, 0.1) is 0 Å². The van der Waals surface area contributed by atoms with Crippen LogP contribution in [0.3, 0.4) is 0 Å². The van der Waals surface area contributed by atoms with Crippen LogP contribution >= 0.6 is 0 Å². The van der Waals surface area contributed by atoms with Crippen molar-refractivity contribution in [2.24, 2.45) is 0 Å². The molecule has 1 amide bonds. The van der Waals surface area contributed by atoms with Crippen molar-refractivity contribution in [1.82, 2.24) is 0 Å². The number of carbonyl (C=O) groups is 2. The lowest BCUT2D eigenvalue weighted by atomic mass is 9.92. The number of phenols is 1. The molecule has 0 aliphatic carbocycles. The van der Waals surface area contributed by atoms with Crippen molar-refractivity contribution in [1.29, 1.82) is 0 Å². The van der Waals surface area contributed by atoms with Gasteiger partial charge in [0, 0.05) is 6.07 Å². The van der Waals surface area contributed by atoms with Gasteiger partial charge in [0.05, 0.1) is 12.2 Å². The average molecular weight is 277 g/mol. The van der Waals surface area contributed by atoms with Gasteiger partial charge in [0.15, 0.2) is 5.60 Å². The molecule has 1 aliphatic rings. The van der Waals surface area contributed by atoms with Gasteiger partial charge in [-0.1, -0.05) is 13.8 Å². The quantitative estimate of drug-likeness (QED) is 0.916. The number of carbonyl (C=O) groups excluding carboxylic acids is 2. The van der Waals surface area contributed by atoms with Crippen LogP contribution in [-0.2, 0) is 9.59 Å². The molecule has 2 rings (SSSR count). The molecule has 0 saturated heterocycles. The van der Waals surface area contributed by atoms with Crippen LogP contribution in [-0.4, -0.2) is 28.9 Å². The maximum atomic E-state index is 12.7. The highest BCUT2D eigenvalue weighted by molar-refractivity contribution is 6.06. The first kappa shape index (κ1) is 14.4. The number of nitrogens with zero attached hydrogens (tertiary/aromatic N) is 1. The minimum Gasteiger partial charge on any atom is -0.508 e. The van der Waals surface area contributed by atoms with E-state index in [1.807, 2.05) is 13.8 Å². The minimum absolute atomic E-state index is 0.0156. The molecule has 1 aliphatic heterocycles. The Morgan fingerprint density at radius 2 is 2.00 bits per heavy atom. The van der Waals surface area contributed by atoms with Crippen LogP contribution in [0.2, 0.25) is 0 Å². The Hall–Kier alpha value is -2.04. The molecule has 1 N–H and O–H groups in total. The van der Waals surface area contributed by atoms with E-state index in [0.717, 1.165) is 0 Å². The maximum Gasteiger partial charge on any atom is 0.271 e. The van der Waals surface area contributed by atoms with Crippen LogP contribution in [0.5, 0.6) is 11.5 Å². The Balaban J connectivity index is 2.55. The number of aromatic hydroxyl groups is 1. The number of benzene rings is 1. The molecule has 0 spiro atoms. The third-order valence-electron chi connectivity index (χ3n) is 3.70. The third kappa shape index (κ3) is 2.24. The summed E-state index contributed by atoms with van der Waals surface area (Å²) in [4.78, 5) is 25.6. The fourth-order valence-electron chi connectivity index (χ4n) is 2.49. The second-order valence-electron chi connectivity index (χ2n) is 5.05. The molecular weight excluding hydrogens is 258 g/mol. The first-order valence-electron chi connectivity index (χ1n) is 6.77. The van der Waals surface area contributed by atoms with Crippen molar-refractivity contribution < 1.29 is 19.4 Å². The molecule has 0 unspecified atom stereocenters. The number of ketones is 1. The van der Waals surface area contributed by atoms with E-state index in [2.05, 4.69) is 0 Å². The third-order valence-corrected chi connectivity index (χ3v) is 3.70. The number of rotatable bonds is 4. The molecule has 0 radical (unpaired) electrons. The number of amides is 1. The molecule has 1 heterocycles. The van der Waals surface area contributed by atoms with Gasteiger partial charge >= 0.3 is 0 Å². The van der Waals surface area contributed by atoms with Crippen molar-refractivity contribution in [2.75, 3.05) is 11.4 Å². The monoisotopic (exact) mass is 277 g/mol. The summed E-state index contributed by atoms with van der Waals surface area (Å²) in [5.41, 5.74) is -0.434. The highest BCUT2D eigenvalue weighted by Crippen LogP contribution is 2.42. The standard InChI is InChI=1S/C15H19NO4/c1-4-15(5-2)14(19)16(9-10(3)17)12-7-6-11(18)8-13(12)20-15/h6-8,18H,4-5,9H2,1-3H3. The Morgan fingerprint density at radius 1 is 1.35 bits per heavy atom. The van der Waals surface area contributed by atoms with E-state index >= 15 is 0 Å². The van der Waals surface area contributed by atoms with Crippen molar-refractivity contribution in [2.45, 2.75) is 39.2 Å². The molecule has 0 fully saturated rings. The number of fused-ring (bicyclic) bond motifs is 1. The summed E-state index contributed by atoms with van der Waals surface area (Å²) in [6, 6.07) is 4.56. The zero-order valence-corrected chi connectivity index (χ0v) is 12.0. The van der Waals surface area contributed by atoms with Gasteiger partial charge in [0.1, 0.15) is 17.3 Å². The van der Waals surface area contributed by atoms with Gasteiger partial charge < -0.3 is 9.84 Å². The summed E-state index contributed by atoms with van der Waals surface area (Å²) in [6.45, 7) is 5.21. The summed E-state index contributed by atoms with van der Waals surface area (Å²) >= 11 is 0. The van der Waals surface area contributed by atoms with Gasteiger partial charge in [-0.15, -0.1) is 0 Å². The van der Waals surface area contributed by atoms with E-state index in [0.29, 0.717) is 24.3 Å². The number of Topliss-reactive ketones (excluding diaryl/α,β-unsaturated/α-hetero) is 1. The number of hydrogen-bond donors (Lipinski definition) is 1. The predicted octanol–water partition coefficient (Wildman–Crippen LogP) is 2.27. The molecule has 1 aromatic carbocycles. The highest BCUT2D eigenvalue weighted by atomic mass is 16.5. The summed E-state index contributed by atoms with van der Waals surface area (Å²) in [5.74, 6) is 0.216. The lowest BCUT2D eigenvalue weighted by Gasteiger charge is -2.41. The molecule has 5 nitrogen and oxygen atoms in total. The summed E-state index contributed by atoms with van der Waals surface area (Å²) < 4.78 is 5.86. The average Bonchev–Trinajstić information content (AvgIpc) is 2.41. The zero-order valence-electron chi connectivity index (χ0n) is 12.0. The van der Waals surface area contributed by atoms with Gasteiger partial charge in [-0.05, 0) is 31.9 Å². The Labute approximate surface area is 118 Å². The second-order valence-corrected chi connectivity index (χ2v) is 5.05. The van der Waals surface area contributed by atoms with Crippen LogP contribution < -0.4 is 9.64 Å². The fourth-order valence-corrected chi connectivity index (χ4v) is 2.49. The van der Waals surface area contributed by atoms with E-state index in [1.54, 1.807) is 6.07 Å². The molecule has 20 heavy (non-hydrogen) atoms.